The molecular weight excluding hydrogens is 362 g/mol. The van der Waals surface area contributed by atoms with Crippen molar-refractivity contribution < 1.29 is 13.2 Å². The summed E-state index contributed by atoms with van der Waals surface area (Å²) in [7, 11) is -3.47. The van der Waals surface area contributed by atoms with Crippen LogP contribution in [-0.2, 0) is 10.0 Å². The third-order valence-electron chi connectivity index (χ3n) is 5.15. The van der Waals surface area contributed by atoms with Gasteiger partial charge in [-0.2, -0.15) is 4.31 Å². The Morgan fingerprint density at radius 3 is 2.19 bits per heavy atom. The maximum Gasteiger partial charge on any atom is 0.251 e. The second kappa shape index (κ2) is 10.8. The van der Waals surface area contributed by atoms with Crippen molar-refractivity contribution >= 4 is 15.9 Å². The van der Waals surface area contributed by atoms with Crippen molar-refractivity contribution in [1.29, 1.82) is 0 Å². The molecule has 0 radical (unpaired) electrons. The summed E-state index contributed by atoms with van der Waals surface area (Å²) in [5.74, 6) is -0.159. The lowest BCUT2D eigenvalue weighted by Gasteiger charge is -2.20. The first-order valence-electron chi connectivity index (χ1n) is 10.1. The minimum atomic E-state index is -3.47. The number of nitrogens with one attached hydrogen (secondary N) is 1. The fourth-order valence-corrected chi connectivity index (χ4v) is 4.87. The lowest BCUT2D eigenvalue weighted by Crippen LogP contribution is -2.32. The molecule has 0 aliphatic carbocycles. The number of carbonyl (C=O) groups excluding carboxylic acids is 1. The van der Waals surface area contributed by atoms with Gasteiger partial charge in [0, 0.05) is 25.2 Å². The van der Waals surface area contributed by atoms with Gasteiger partial charge in [0.05, 0.1) is 4.90 Å². The smallest absolute Gasteiger partial charge is 0.251 e. The first kappa shape index (κ1) is 21.9. The number of rotatable bonds is 9. The summed E-state index contributed by atoms with van der Waals surface area (Å²) < 4.78 is 27.1. The van der Waals surface area contributed by atoms with E-state index in [1.807, 2.05) is 0 Å². The fraction of sp³-hybridized carbons (Fsp3) is 0.650. The first-order chi connectivity index (χ1) is 13.0. The maximum atomic E-state index is 12.8. The molecule has 152 valence electrons. The van der Waals surface area contributed by atoms with E-state index in [1.165, 1.54) is 0 Å². The molecule has 0 saturated carbocycles. The molecule has 27 heavy (non-hydrogen) atoms. The zero-order valence-corrected chi connectivity index (χ0v) is 17.4. The second-order valence-corrected chi connectivity index (χ2v) is 8.92. The molecule has 0 aromatic heterocycles. The van der Waals surface area contributed by atoms with E-state index in [9.17, 15) is 13.2 Å². The molecule has 1 heterocycles. The van der Waals surface area contributed by atoms with Crippen molar-refractivity contribution in [1.82, 2.24) is 14.5 Å². The van der Waals surface area contributed by atoms with E-state index < -0.39 is 10.0 Å². The van der Waals surface area contributed by atoms with E-state index in [0.717, 1.165) is 51.7 Å². The van der Waals surface area contributed by atoms with Gasteiger partial charge in [-0.1, -0.05) is 26.7 Å². The Labute approximate surface area is 164 Å². The molecule has 0 atom stereocenters. The van der Waals surface area contributed by atoms with Crippen LogP contribution in [0.5, 0.6) is 0 Å². The van der Waals surface area contributed by atoms with Crippen LogP contribution >= 0.6 is 0 Å². The van der Waals surface area contributed by atoms with Crippen molar-refractivity contribution in [3.05, 3.63) is 29.8 Å². The third-order valence-corrected chi connectivity index (χ3v) is 7.06. The van der Waals surface area contributed by atoms with Gasteiger partial charge in [0.25, 0.3) is 5.91 Å². The predicted molar refractivity (Wildman–Crippen MR) is 108 cm³/mol. The minimum Gasteiger partial charge on any atom is -0.352 e. The van der Waals surface area contributed by atoms with E-state index in [1.54, 1.807) is 28.6 Å². The van der Waals surface area contributed by atoms with Crippen molar-refractivity contribution in [2.24, 2.45) is 0 Å². The average molecular weight is 396 g/mol. The summed E-state index contributed by atoms with van der Waals surface area (Å²) in [6.07, 6.45) is 4.88. The molecule has 1 amide bonds. The van der Waals surface area contributed by atoms with Crippen LogP contribution in [0.15, 0.2) is 29.2 Å². The molecule has 7 heteroatoms. The van der Waals surface area contributed by atoms with Crippen LogP contribution in [0.25, 0.3) is 0 Å². The van der Waals surface area contributed by atoms with Gasteiger partial charge in [-0.15, -0.1) is 0 Å². The van der Waals surface area contributed by atoms with E-state index >= 15 is 0 Å². The molecule has 1 fully saturated rings. The molecule has 1 aliphatic heterocycles. The Kier molecular flexibility index (Phi) is 8.73. The van der Waals surface area contributed by atoms with Crippen LogP contribution in [0, 0.1) is 0 Å². The summed E-state index contributed by atoms with van der Waals surface area (Å²) in [5, 5.41) is 2.91. The van der Waals surface area contributed by atoms with Crippen LogP contribution in [0.4, 0.5) is 0 Å². The zero-order valence-electron chi connectivity index (χ0n) is 16.6. The highest BCUT2D eigenvalue weighted by molar-refractivity contribution is 7.89. The lowest BCUT2D eigenvalue weighted by molar-refractivity contribution is 0.0951. The molecular formula is C20H33N3O3S. The Bertz CT molecular complexity index is 677. The van der Waals surface area contributed by atoms with Gasteiger partial charge in [0.1, 0.15) is 0 Å². The molecule has 1 aromatic carbocycles. The number of hydrogen-bond donors (Lipinski definition) is 1. The van der Waals surface area contributed by atoms with Crippen molar-refractivity contribution in [2.75, 3.05) is 39.3 Å². The van der Waals surface area contributed by atoms with Gasteiger partial charge in [-0.05, 0) is 63.2 Å². The molecule has 2 rings (SSSR count). The second-order valence-electron chi connectivity index (χ2n) is 6.98. The van der Waals surface area contributed by atoms with Crippen molar-refractivity contribution in [3.8, 4) is 0 Å². The number of sulfonamides is 1. The molecule has 1 aromatic rings. The minimum absolute atomic E-state index is 0.159. The van der Waals surface area contributed by atoms with Gasteiger partial charge in [-0.3, -0.25) is 4.79 Å². The number of amides is 1. The van der Waals surface area contributed by atoms with Gasteiger partial charge < -0.3 is 10.2 Å². The summed E-state index contributed by atoms with van der Waals surface area (Å²) >= 11 is 0. The fourth-order valence-electron chi connectivity index (χ4n) is 3.36. The number of nitrogens with zero attached hydrogens (tertiary/aromatic N) is 2. The van der Waals surface area contributed by atoms with Crippen molar-refractivity contribution in [2.45, 2.75) is 50.8 Å². The van der Waals surface area contributed by atoms with E-state index in [2.05, 4.69) is 24.1 Å². The maximum absolute atomic E-state index is 12.8. The van der Waals surface area contributed by atoms with Crippen molar-refractivity contribution in [3.63, 3.8) is 0 Å². The average Bonchev–Trinajstić information content (AvgIpc) is 2.98. The molecule has 6 nitrogen and oxygen atoms in total. The molecule has 1 N–H and O–H groups in total. The standard InChI is InChI=1S/C20H33N3O3S/c1-3-22(4-2)15-9-14-21-20(24)18-10-12-19(13-11-18)27(25,26)23-16-7-5-6-8-17-23/h10-13H,3-9,14-17H2,1-2H3,(H,21,24). The zero-order chi connectivity index (χ0) is 19.7. The summed E-state index contributed by atoms with van der Waals surface area (Å²) in [4.78, 5) is 14.8. The largest absolute Gasteiger partial charge is 0.352 e. The van der Waals surface area contributed by atoms with Crippen LogP contribution < -0.4 is 5.32 Å². The molecule has 0 spiro atoms. The van der Waals surface area contributed by atoms with Crippen LogP contribution in [0.1, 0.15) is 56.3 Å². The number of carbonyl (C=O) groups is 1. The van der Waals surface area contributed by atoms with Gasteiger partial charge >= 0.3 is 0 Å². The molecule has 0 bridgehead atoms. The highest BCUT2D eigenvalue weighted by Crippen LogP contribution is 2.20. The van der Waals surface area contributed by atoms with E-state index in [4.69, 9.17) is 0 Å². The summed E-state index contributed by atoms with van der Waals surface area (Å²) in [6, 6.07) is 6.30. The SMILES string of the molecule is CCN(CC)CCCNC(=O)c1ccc(S(=O)(=O)N2CCCCCC2)cc1. The Balaban J connectivity index is 1.90. The van der Waals surface area contributed by atoms with Gasteiger partial charge in [0.2, 0.25) is 10.0 Å². The van der Waals surface area contributed by atoms with Gasteiger partial charge in [0.15, 0.2) is 0 Å². The van der Waals surface area contributed by atoms with Gasteiger partial charge in [-0.25, -0.2) is 8.42 Å². The number of hydrogen-bond acceptors (Lipinski definition) is 4. The Morgan fingerprint density at radius 2 is 1.63 bits per heavy atom. The van der Waals surface area contributed by atoms with E-state index in [0.29, 0.717) is 25.2 Å². The molecule has 0 unspecified atom stereocenters. The normalized spacial score (nSPS) is 16.3. The van der Waals surface area contributed by atoms with Crippen LogP contribution in [-0.4, -0.2) is 62.8 Å². The van der Waals surface area contributed by atoms with Crippen LogP contribution in [0.3, 0.4) is 0 Å². The number of benzene rings is 1. The summed E-state index contributed by atoms with van der Waals surface area (Å²) in [6.45, 7) is 9.01. The first-order valence-corrected chi connectivity index (χ1v) is 11.5. The Hall–Kier alpha value is -1.44. The topological polar surface area (TPSA) is 69.7 Å². The van der Waals surface area contributed by atoms with E-state index in [-0.39, 0.29) is 10.8 Å². The van der Waals surface area contributed by atoms with Crippen LogP contribution in [0.2, 0.25) is 0 Å². The quantitative estimate of drug-likeness (QED) is 0.653. The molecule has 1 aliphatic rings. The highest BCUT2D eigenvalue weighted by Gasteiger charge is 2.25. The highest BCUT2D eigenvalue weighted by atomic mass is 32.2. The predicted octanol–water partition coefficient (Wildman–Crippen LogP) is 2.71. The summed E-state index contributed by atoms with van der Waals surface area (Å²) in [5.41, 5.74) is 0.493. The molecule has 1 saturated heterocycles. The monoisotopic (exact) mass is 395 g/mol. The Morgan fingerprint density at radius 1 is 1.04 bits per heavy atom. The lowest BCUT2D eigenvalue weighted by atomic mass is 10.2. The third kappa shape index (κ3) is 6.30.